The van der Waals surface area contributed by atoms with Crippen molar-refractivity contribution in [3.05, 3.63) is 24.0 Å². The molecule has 2 N–H and O–H groups in total. The third-order valence-corrected chi connectivity index (χ3v) is 4.05. The number of hydrogen-bond acceptors (Lipinski definition) is 3. The highest BCUT2D eigenvalue weighted by atomic mass is 19.1. The fraction of sp³-hybridized carbons (Fsp3) is 0.611. The second-order valence-electron chi connectivity index (χ2n) is 6.06. The molecule has 1 aliphatic heterocycles. The van der Waals surface area contributed by atoms with Crippen LogP contribution in [0, 0.1) is 5.82 Å². The van der Waals surface area contributed by atoms with Crippen molar-refractivity contribution in [3.8, 4) is 0 Å². The van der Waals surface area contributed by atoms with Crippen LogP contribution < -0.4 is 15.5 Å². The molecule has 1 aliphatic rings. The second kappa shape index (κ2) is 10.1. The van der Waals surface area contributed by atoms with Crippen molar-refractivity contribution in [2.24, 2.45) is 0 Å². The summed E-state index contributed by atoms with van der Waals surface area (Å²) in [6.45, 7) is 5.85. The third-order valence-electron chi connectivity index (χ3n) is 4.05. The summed E-state index contributed by atoms with van der Waals surface area (Å²) < 4.78 is 19.6. The van der Waals surface area contributed by atoms with E-state index in [1.165, 1.54) is 6.07 Å². The Labute approximate surface area is 143 Å². The zero-order valence-electron chi connectivity index (χ0n) is 14.4. The smallest absolute Gasteiger partial charge is 0.319 e. The Morgan fingerprint density at radius 3 is 2.71 bits per heavy atom. The van der Waals surface area contributed by atoms with Crippen LogP contribution in [0.3, 0.4) is 0 Å². The van der Waals surface area contributed by atoms with Gasteiger partial charge in [0.1, 0.15) is 5.82 Å². The first-order valence-electron chi connectivity index (χ1n) is 8.88. The number of rotatable bonds is 9. The molecule has 2 rings (SSSR count). The van der Waals surface area contributed by atoms with Crippen LogP contribution in [0.5, 0.6) is 0 Å². The Hall–Kier alpha value is -1.82. The normalized spacial score (nSPS) is 14.0. The van der Waals surface area contributed by atoms with E-state index in [1.54, 1.807) is 12.1 Å². The van der Waals surface area contributed by atoms with Gasteiger partial charge in [0.2, 0.25) is 0 Å². The third kappa shape index (κ3) is 6.00. The Kier molecular flexibility index (Phi) is 7.82. The van der Waals surface area contributed by atoms with E-state index in [-0.39, 0.29) is 11.8 Å². The van der Waals surface area contributed by atoms with Crippen LogP contribution >= 0.6 is 0 Å². The van der Waals surface area contributed by atoms with Gasteiger partial charge in [-0.3, -0.25) is 0 Å². The van der Waals surface area contributed by atoms with Crippen LogP contribution in [0.4, 0.5) is 20.6 Å². The van der Waals surface area contributed by atoms with Crippen molar-refractivity contribution < 1.29 is 13.9 Å². The van der Waals surface area contributed by atoms with E-state index in [0.29, 0.717) is 24.5 Å². The molecule has 0 spiro atoms. The van der Waals surface area contributed by atoms with Gasteiger partial charge in [-0.25, -0.2) is 9.18 Å². The first-order valence-corrected chi connectivity index (χ1v) is 8.88. The highest BCUT2D eigenvalue weighted by molar-refractivity contribution is 5.89. The van der Waals surface area contributed by atoms with Gasteiger partial charge in [-0.15, -0.1) is 0 Å². The minimum Gasteiger partial charge on any atom is -0.381 e. The molecule has 1 fully saturated rings. The summed E-state index contributed by atoms with van der Waals surface area (Å²) >= 11 is 0. The van der Waals surface area contributed by atoms with E-state index in [9.17, 15) is 9.18 Å². The molecule has 0 aromatic heterocycles. The summed E-state index contributed by atoms with van der Waals surface area (Å²) in [4.78, 5) is 13.8. The molecule has 24 heavy (non-hydrogen) atoms. The molecular formula is C18H28FN3O2. The Morgan fingerprint density at radius 2 is 2.00 bits per heavy atom. The van der Waals surface area contributed by atoms with Crippen LogP contribution in [-0.4, -0.2) is 38.9 Å². The quantitative estimate of drug-likeness (QED) is 0.675. The molecule has 2 amide bonds. The fourth-order valence-corrected chi connectivity index (χ4v) is 2.70. The number of ether oxygens (including phenoxy) is 1. The molecule has 1 aromatic rings. The molecule has 134 valence electrons. The lowest BCUT2D eigenvalue weighted by Crippen LogP contribution is -2.30. The fourth-order valence-electron chi connectivity index (χ4n) is 2.70. The molecule has 5 nitrogen and oxygen atoms in total. The van der Waals surface area contributed by atoms with Gasteiger partial charge in [0.15, 0.2) is 0 Å². The second-order valence-corrected chi connectivity index (χ2v) is 6.06. The van der Waals surface area contributed by atoms with Crippen molar-refractivity contribution in [3.63, 3.8) is 0 Å². The van der Waals surface area contributed by atoms with Gasteiger partial charge in [-0.1, -0.05) is 13.3 Å². The molecule has 0 saturated carbocycles. The first-order chi connectivity index (χ1) is 11.7. The van der Waals surface area contributed by atoms with E-state index >= 15 is 0 Å². The highest BCUT2D eigenvalue weighted by Gasteiger charge is 2.16. The minimum atomic E-state index is -0.322. The van der Waals surface area contributed by atoms with Crippen molar-refractivity contribution in [2.45, 2.75) is 39.0 Å². The van der Waals surface area contributed by atoms with E-state index in [1.807, 2.05) is 4.90 Å². The molecule has 0 atom stereocenters. The predicted molar refractivity (Wildman–Crippen MR) is 95.2 cm³/mol. The highest BCUT2D eigenvalue weighted by Crippen LogP contribution is 2.25. The maximum atomic E-state index is 14.2. The number of carbonyl (C=O) groups excluding carboxylic acids is 1. The number of amides is 2. The maximum absolute atomic E-state index is 14.2. The van der Waals surface area contributed by atoms with Gasteiger partial charge in [-0.05, 0) is 43.9 Å². The number of hydrogen-bond donors (Lipinski definition) is 2. The van der Waals surface area contributed by atoms with E-state index in [2.05, 4.69) is 17.6 Å². The molecule has 1 aromatic carbocycles. The maximum Gasteiger partial charge on any atom is 0.319 e. The van der Waals surface area contributed by atoms with Gasteiger partial charge in [0, 0.05) is 38.5 Å². The van der Waals surface area contributed by atoms with Crippen molar-refractivity contribution in [1.82, 2.24) is 5.32 Å². The zero-order chi connectivity index (χ0) is 17.2. The Morgan fingerprint density at radius 1 is 1.25 bits per heavy atom. The standard InChI is InChI=1S/C18H28FN3O2/c1-2-3-12-24-13-6-9-20-18(23)21-15-7-8-17(16(19)14-15)22-10-4-5-11-22/h7-8,14H,2-6,9-13H2,1H3,(H2,20,21,23). The van der Waals surface area contributed by atoms with Crippen LogP contribution in [0.2, 0.25) is 0 Å². The summed E-state index contributed by atoms with van der Waals surface area (Å²) in [6, 6.07) is 4.53. The largest absolute Gasteiger partial charge is 0.381 e. The number of benzene rings is 1. The Balaban J connectivity index is 1.69. The van der Waals surface area contributed by atoms with E-state index < -0.39 is 0 Å². The summed E-state index contributed by atoms with van der Waals surface area (Å²) in [5.74, 6) is -0.293. The van der Waals surface area contributed by atoms with Gasteiger partial charge in [0.25, 0.3) is 0 Å². The van der Waals surface area contributed by atoms with Gasteiger partial charge in [0.05, 0.1) is 5.69 Å². The number of nitrogens with zero attached hydrogens (tertiary/aromatic N) is 1. The number of anilines is 2. The number of unbranched alkanes of at least 4 members (excludes halogenated alkanes) is 1. The lowest BCUT2D eigenvalue weighted by Gasteiger charge is -2.19. The number of nitrogens with one attached hydrogen (secondary N) is 2. The molecule has 1 heterocycles. The average molecular weight is 337 g/mol. The van der Waals surface area contributed by atoms with Crippen LogP contribution in [0.25, 0.3) is 0 Å². The summed E-state index contributed by atoms with van der Waals surface area (Å²) in [6.07, 6.45) is 5.15. The summed E-state index contributed by atoms with van der Waals surface area (Å²) in [5.41, 5.74) is 1.08. The number of halogens is 1. The molecular weight excluding hydrogens is 309 g/mol. The van der Waals surface area contributed by atoms with Crippen molar-refractivity contribution in [1.29, 1.82) is 0 Å². The van der Waals surface area contributed by atoms with Gasteiger partial charge >= 0.3 is 6.03 Å². The zero-order valence-corrected chi connectivity index (χ0v) is 14.4. The monoisotopic (exact) mass is 337 g/mol. The van der Waals surface area contributed by atoms with Gasteiger partial charge < -0.3 is 20.3 Å². The predicted octanol–water partition coefficient (Wildman–Crippen LogP) is 3.75. The van der Waals surface area contributed by atoms with Crippen molar-refractivity contribution >= 4 is 17.4 Å². The SMILES string of the molecule is CCCCOCCCNC(=O)Nc1ccc(N2CCCC2)c(F)c1. The topological polar surface area (TPSA) is 53.6 Å². The van der Waals surface area contributed by atoms with E-state index in [4.69, 9.17) is 4.74 Å². The lowest BCUT2D eigenvalue weighted by atomic mass is 10.2. The molecule has 0 unspecified atom stereocenters. The summed E-state index contributed by atoms with van der Waals surface area (Å²) in [7, 11) is 0. The number of urea groups is 1. The number of carbonyl (C=O) groups is 1. The molecule has 0 radical (unpaired) electrons. The van der Waals surface area contributed by atoms with Crippen LogP contribution in [-0.2, 0) is 4.74 Å². The Bertz CT molecular complexity index is 519. The molecule has 0 bridgehead atoms. The van der Waals surface area contributed by atoms with E-state index in [0.717, 1.165) is 51.8 Å². The molecule has 1 saturated heterocycles. The first kappa shape index (κ1) is 18.5. The molecule has 0 aliphatic carbocycles. The van der Waals surface area contributed by atoms with Crippen LogP contribution in [0.15, 0.2) is 18.2 Å². The average Bonchev–Trinajstić information content (AvgIpc) is 3.08. The van der Waals surface area contributed by atoms with Gasteiger partial charge in [-0.2, -0.15) is 0 Å². The van der Waals surface area contributed by atoms with Crippen molar-refractivity contribution in [2.75, 3.05) is 43.1 Å². The lowest BCUT2D eigenvalue weighted by molar-refractivity contribution is 0.129. The molecule has 6 heteroatoms. The minimum absolute atomic E-state index is 0.293. The summed E-state index contributed by atoms with van der Waals surface area (Å²) in [5, 5.41) is 5.41. The van der Waals surface area contributed by atoms with Crippen LogP contribution in [0.1, 0.15) is 39.0 Å².